The van der Waals surface area contributed by atoms with Crippen LogP contribution in [0.25, 0.3) is 10.6 Å². The number of aromatic nitrogens is 1. The normalized spacial score (nSPS) is 22.6. The minimum Gasteiger partial charge on any atom is -0.463 e. The van der Waals surface area contributed by atoms with E-state index in [9.17, 15) is 29.7 Å². The van der Waals surface area contributed by atoms with Gasteiger partial charge in [-0.2, -0.15) is 0 Å². The van der Waals surface area contributed by atoms with Crippen molar-refractivity contribution in [2.24, 2.45) is 11.8 Å². The first-order valence-corrected chi connectivity index (χ1v) is 17.3. The Kier molecular flexibility index (Phi) is 14.6. The van der Waals surface area contributed by atoms with Gasteiger partial charge in [-0.15, -0.1) is 0 Å². The van der Waals surface area contributed by atoms with Crippen LogP contribution in [0.15, 0.2) is 34.0 Å². The lowest BCUT2D eigenvalue weighted by Crippen LogP contribution is -2.50. The van der Waals surface area contributed by atoms with Crippen molar-refractivity contribution in [2.45, 2.75) is 103 Å². The summed E-state index contributed by atoms with van der Waals surface area (Å²) in [7, 11) is 2.98. The monoisotopic (exact) mass is 638 g/mol. The van der Waals surface area contributed by atoms with E-state index in [0.29, 0.717) is 43.7 Å². The van der Waals surface area contributed by atoms with E-state index in [1.807, 2.05) is 24.5 Å². The molecule has 0 unspecified atom stereocenters. The fraction of sp³-hybridized carbons (Fsp3) is 0.645. The molecule has 0 aliphatic carbocycles. The molecule has 240 valence electrons. The van der Waals surface area contributed by atoms with Crippen molar-refractivity contribution >= 4 is 38.2 Å². The number of esters is 1. The Labute approximate surface area is 260 Å². The number of ether oxygens (including phenoxy) is 2. The number of hydrogen-bond acceptors (Lipinski definition) is 10. The van der Waals surface area contributed by atoms with Gasteiger partial charge in [0.1, 0.15) is 11.8 Å². The van der Waals surface area contributed by atoms with E-state index in [2.05, 4.69) is 10.3 Å². The van der Waals surface area contributed by atoms with Crippen LogP contribution in [0.3, 0.4) is 0 Å². The Morgan fingerprint density at radius 2 is 1.88 bits per heavy atom. The zero-order valence-corrected chi connectivity index (χ0v) is 26.9. The first-order chi connectivity index (χ1) is 20.6. The summed E-state index contributed by atoms with van der Waals surface area (Å²) in [5.74, 6) is -0.815. The van der Waals surface area contributed by atoms with Gasteiger partial charge >= 0.3 is 5.97 Å². The number of carbonyl (C=O) groups is 2. The molecule has 3 rings (SSSR count). The van der Waals surface area contributed by atoms with Gasteiger partial charge in [-0.3, -0.25) is 9.59 Å². The number of aromatic amines is 1. The van der Waals surface area contributed by atoms with E-state index < -0.39 is 30.4 Å². The molecule has 43 heavy (non-hydrogen) atoms. The van der Waals surface area contributed by atoms with Crippen LogP contribution in [0.2, 0.25) is 0 Å². The summed E-state index contributed by atoms with van der Waals surface area (Å²) in [5, 5.41) is 35.3. The summed E-state index contributed by atoms with van der Waals surface area (Å²) in [6.45, 7) is 6.04. The SMILES string of the molecule is C/C(=C\C(=O)OCCCCCCCCC(=O)Nc1c2sscc-2[nH]c1=O)C[C@@H]1OC[C@H](C/C=C/[C@@H](C)[C@H](C)O)[C@@H](O)[C@H]1O. The molecule has 1 amide bonds. The van der Waals surface area contributed by atoms with Gasteiger partial charge in [0.05, 0.1) is 42.1 Å². The zero-order valence-electron chi connectivity index (χ0n) is 25.3. The van der Waals surface area contributed by atoms with Gasteiger partial charge in [-0.05, 0) is 45.4 Å². The molecule has 0 bridgehead atoms. The minimum absolute atomic E-state index is 0.00806. The van der Waals surface area contributed by atoms with Crippen LogP contribution in [-0.2, 0) is 19.1 Å². The highest BCUT2D eigenvalue weighted by Gasteiger charge is 2.37. The predicted octanol–water partition coefficient (Wildman–Crippen LogP) is 4.85. The van der Waals surface area contributed by atoms with Crippen molar-refractivity contribution in [1.82, 2.24) is 4.98 Å². The Bertz CT molecular complexity index is 1230. The molecule has 1 saturated heterocycles. The van der Waals surface area contributed by atoms with Crippen LogP contribution in [-0.4, -0.2) is 69.8 Å². The summed E-state index contributed by atoms with van der Waals surface area (Å²) in [5.41, 5.74) is 1.56. The van der Waals surface area contributed by atoms with Crippen molar-refractivity contribution in [3.8, 4) is 10.6 Å². The molecule has 0 spiro atoms. The number of amides is 1. The van der Waals surface area contributed by atoms with Gasteiger partial charge in [0.25, 0.3) is 5.56 Å². The maximum Gasteiger partial charge on any atom is 0.330 e. The third-order valence-electron chi connectivity index (χ3n) is 7.82. The van der Waals surface area contributed by atoms with Gasteiger partial charge in [-0.25, -0.2) is 4.79 Å². The highest BCUT2D eigenvalue weighted by Crippen LogP contribution is 2.35. The topological polar surface area (TPSA) is 158 Å². The van der Waals surface area contributed by atoms with Gasteiger partial charge in [-0.1, -0.05) is 71.0 Å². The van der Waals surface area contributed by atoms with E-state index in [4.69, 9.17) is 9.47 Å². The minimum atomic E-state index is -1.06. The molecule has 0 saturated carbocycles. The van der Waals surface area contributed by atoms with Gasteiger partial charge < -0.3 is 35.1 Å². The maximum atomic E-state index is 12.2. The fourth-order valence-corrected chi connectivity index (χ4v) is 7.09. The Hall–Kier alpha value is -2.35. The zero-order chi connectivity index (χ0) is 31.4. The second-order valence-corrected chi connectivity index (χ2v) is 13.6. The summed E-state index contributed by atoms with van der Waals surface area (Å²) in [6, 6.07) is 0. The highest BCUT2D eigenvalue weighted by atomic mass is 32.9. The number of fused-ring (bicyclic) bond motifs is 1. The number of aliphatic hydroxyl groups is 3. The van der Waals surface area contributed by atoms with Crippen LogP contribution < -0.4 is 10.9 Å². The number of unbranched alkanes of at least 4 members (excludes halogenated alkanes) is 5. The number of H-pyrrole nitrogens is 1. The number of carbonyl (C=O) groups excluding carboxylic acids is 2. The van der Waals surface area contributed by atoms with E-state index >= 15 is 0 Å². The Morgan fingerprint density at radius 3 is 2.63 bits per heavy atom. The lowest BCUT2D eigenvalue weighted by Gasteiger charge is -2.37. The molecule has 1 fully saturated rings. The standard InChI is InChI=1S/C31H46N2O8S2/c1-19(15-24-29(38)28(37)22(17-41-24)12-10-11-20(2)21(3)34)16-26(36)40-14-9-7-5-4-6-8-13-25(35)33-27-30-23(18-42-43-30)32-31(27)39/h10-11,16,18,20-22,24,28-29,34,37-38H,4-9,12-15,17H2,1-3H3,(H,32,39)(H,33,35)/b11-10+,19-16+/t20-,21+,22+,24+,28-,29+/m1/s1. The third-order valence-corrected chi connectivity index (χ3v) is 9.91. The molecule has 5 N–H and O–H groups in total. The van der Waals surface area contributed by atoms with Crippen molar-refractivity contribution in [1.29, 1.82) is 0 Å². The molecule has 3 aliphatic heterocycles. The quantitative estimate of drug-likeness (QED) is 0.0541. The van der Waals surface area contributed by atoms with E-state index in [0.717, 1.165) is 49.1 Å². The number of allylic oxidation sites excluding steroid dienone is 1. The largest absolute Gasteiger partial charge is 0.463 e. The summed E-state index contributed by atoms with van der Waals surface area (Å²) >= 11 is 0. The number of nitrogens with one attached hydrogen (secondary N) is 2. The van der Waals surface area contributed by atoms with Crippen molar-refractivity contribution in [3.05, 3.63) is 39.5 Å². The van der Waals surface area contributed by atoms with Crippen LogP contribution in [0, 0.1) is 11.8 Å². The summed E-state index contributed by atoms with van der Waals surface area (Å²) in [4.78, 5) is 39.9. The number of aliphatic hydroxyl groups excluding tert-OH is 3. The van der Waals surface area contributed by atoms with Gasteiger partial charge in [0, 0.05) is 23.8 Å². The van der Waals surface area contributed by atoms with Gasteiger partial charge in [0.15, 0.2) is 0 Å². The van der Waals surface area contributed by atoms with E-state index in [1.54, 1.807) is 13.8 Å². The molecule has 6 atom stereocenters. The van der Waals surface area contributed by atoms with Crippen molar-refractivity contribution < 1.29 is 34.4 Å². The maximum absolute atomic E-state index is 12.2. The van der Waals surface area contributed by atoms with Crippen molar-refractivity contribution in [3.63, 3.8) is 0 Å². The molecule has 3 heterocycles. The second-order valence-electron chi connectivity index (χ2n) is 11.5. The average Bonchev–Trinajstić information content (AvgIpc) is 3.52. The smallest absolute Gasteiger partial charge is 0.330 e. The molecule has 12 heteroatoms. The van der Waals surface area contributed by atoms with Gasteiger partial charge in [0.2, 0.25) is 5.91 Å². The van der Waals surface area contributed by atoms with Crippen LogP contribution >= 0.6 is 20.7 Å². The number of rotatable bonds is 17. The molecule has 0 radical (unpaired) electrons. The third kappa shape index (κ3) is 11.3. The first kappa shape index (κ1) is 35.1. The lowest BCUT2D eigenvalue weighted by atomic mass is 9.87. The van der Waals surface area contributed by atoms with Crippen LogP contribution in [0.5, 0.6) is 0 Å². The number of anilines is 1. The molecule has 0 aromatic carbocycles. The molecular weight excluding hydrogens is 592 g/mol. The molecular formula is C31H46N2O8S2. The first-order valence-electron chi connectivity index (χ1n) is 15.1. The summed E-state index contributed by atoms with van der Waals surface area (Å²) in [6.07, 6.45) is 8.67. The fourth-order valence-electron chi connectivity index (χ4n) is 4.93. The summed E-state index contributed by atoms with van der Waals surface area (Å²) < 4.78 is 11.1. The van der Waals surface area contributed by atoms with Crippen LogP contribution in [0.4, 0.5) is 5.69 Å². The second kappa shape index (κ2) is 17.8. The molecule has 10 nitrogen and oxygen atoms in total. The average molecular weight is 639 g/mol. The van der Waals surface area contributed by atoms with E-state index in [-0.39, 0.29) is 23.3 Å². The highest BCUT2D eigenvalue weighted by molar-refractivity contribution is 7.70. The molecule has 0 aromatic rings. The molecule has 0 aromatic heterocycles. The molecule has 3 aliphatic rings. The Balaban J connectivity index is 1.22. The van der Waals surface area contributed by atoms with Crippen molar-refractivity contribution in [2.75, 3.05) is 18.5 Å². The Morgan fingerprint density at radius 1 is 1.16 bits per heavy atom. The number of hydrogen-bond donors (Lipinski definition) is 5. The lowest BCUT2D eigenvalue weighted by molar-refractivity contribution is -0.162. The van der Waals surface area contributed by atoms with Crippen LogP contribution in [0.1, 0.15) is 78.6 Å². The predicted molar refractivity (Wildman–Crippen MR) is 170 cm³/mol. The van der Waals surface area contributed by atoms with E-state index in [1.165, 1.54) is 26.8 Å².